The maximum Gasteiger partial charge on any atom is 0.359 e. The van der Waals surface area contributed by atoms with Crippen LogP contribution in [0, 0.1) is 3.57 Å². The molecule has 23 heavy (non-hydrogen) atoms. The van der Waals surface area contributed by atoms with Crippen LogP contribution in [0.5, 0.6) is 0 Å². The summed E-state index contributed by atoms with van der Waals surface area (Å²) in [6.45, 7) is 1.94. The third kappa shape index (κ3) is 2.83. The van der Waals surface area contributed by atoms with Gasteiger partial charge in [0.2, 0.25) is 0 Å². The van der Waals surface area contributed by atoms with Crippen LogP contribution in [0.1, 0.15) is 17.4 Å². The zero-order valence-electron chi connectivity index (χ0n) is 12.1. The molecule has 3 rings (SSSR count). The molecule has 0 saturated heterocycles. The first kappa shape index (κ1) is 15.9. The Balaban J connectivity index is 2.32. The molecule has 0 spiro atoms. The fraction of sp³-hybridized carbons (Fsp3) is 0.133. The molecule has 1 aromatic carbocycles. The Labute approximate surface area is 149 Å². The van der Waals surface area contributed by atoms with Gasteiger partial charge >= 0.3 is 5.97 Å². The van der Waals surface area contributed by atoms with Crippen LogP contribution in [0.25, 0.3) is 16.5 Å². The maximum atomic E-state index is 12.7. The van der Waals surface area contributed by atoms with Crippen LogP contribution in [-0.2, 0) is 4.74 Å². The largest absolute Gasteiger partial charge is 0.461 e. The average molecular weight is 437 g/mol. The van der Waals surface area contributed by atoms with Crippen molar-refractivity contribution in [3.8, 4) is 5.69 Å². The minimum absolute atomic E-state index is 0.0907. The van der Waals surface area contributed by atoms with E-state index in [0.717, 1.165) is 3.57 Å². The first-order chi connectivity index (χ1) is 11.0. The molecule has 6 nitrogen and oxygen atoms in total. The summed E-state index contributed by atoms with van der Waals surface area (Å²) in [6, 6.07) is 7.24. The van der Waals surface area contributed by atoms with E-state index in [2.05, 4.69) is 27.7 Å². The molecule has 0 fully saturated rings. The SMILES string of the molecule is CCOC(=O)c1nn(-c2ccc([123I])cc2)c(=O)c2c(N)scc12. The van der Waals surface area contributed by atoms with Crippen molar-refractivity contribution in [2.45, 2.75) is 6.92 Å². The molecule has 2 aromatic heterocycles. The van der Waals surface area contributed by atoms with E-state index in [1.807, 2.05) is 12.1 Å². The highest BCUT2D eigenvalue weighted by molar-refractivity contribution is 14.1. The standard InChI is InChI=1S/C15H12IN3O3S/c1-2-22-15(21)12-10-7-23-13(17)11(10)14(20)19(18-12)9-5-3-8(16)4-6-9/h3-7H,2,17H2,1H3/i16-4. The molecule has 0 atom stereocenters. The van der Waals surface area contributed by atoms with Crippen molar-refractivity contribution in [2.24, 2.45) is 0 Å². The first-order valence-corrected chi connectivity index (χ1v) is 8.71. The minimum atomic E-state index is -0.574. The summed E-state index contributed by atoms with van der Waals surface area (Å²) < 4.78 is 7.26. The van der Waals surface area contributed by atoms with E-state index in [1.165, 1.54) is 16.0 Å². The third-order valence-corrected chi connectivity index (χ3v) is 4.75. The van der Waals surface area contributed by atoms with Gasteiger partial charge in [0.1, 0.15) is 0 Å². The van der Waals surface area contributed by atoms with Gasteiger partial charge in [-0.2, -0.15) is 9.78 Å². The summed E-state index contributed by atoms with van der Waals surface area (Å²) in [6.07, 6.45) is 0. The highest BCUT2D eigenvalue weighted by atomic mass is 123. The van der Waals surface area contributed by atoms with Gasteiger partial charge in [-0.15, -0.1) is 11.3 Å². The van der Waals surface area contributed by atoms with Crippen molar-refractivity contribution < 1.29 is 9.53 Å². The third-order valence-electron chi connectivity index (χ3n) is 3.22. The van der Waals surface area contributed by atoms with Gasteiger partial charge in [0.15, 0.2) is 5.69 Å². The smallest absolute Gasteiger partial charge is 0.359 e. The zero-order chi connectivity index (χ0) is 16.6. The lowest BCUT2D eigenvalue weighted by molar-refractivity contribution is 0.0520. The Bertz CT molecular complexity index is 947. The number of hydrogen-bond acceptors (Lipinski definition) is 6. The number of aromatic nitrogens is 2. The fourth-order valence-corrected chi connectivity index (χ4v) is 3.33. The molecule has 118 valence electrons. The predicted molar refractivity (Wildman–Crippen MR) is 98.3 cm³/mol. The molecule has 0 aliphatic heterocycles. The van der Waals surface area contributed by atoms with Gasteiger partial charge in [-0.3, -0.25) is 4.79 Å². The van der Waals surface area contributed by atoms with Gasteiger partial charge in [0.25, 0.3) is 5.56 Å². The number of thiophene rings is 1. The van der Waals surface area contributed by atoms with Gasteiger partial charge in [-0.25, -0.2) is 4.79 Å². The first-order valence-electron chi connectivity index (χ1n) is 6.76. The summed E-state index contributed by atoms with van der Waals surface area (Å²) in [4.78, 5) is 24.9. The Morgan fingerprint density at radius 2 is 2.09 bits per heavy atom. The molecular formula is C15H12IN3O3S. The van der Waals surface area contributed by atoms with E-state index < -0.39 is 5.97 Å². The number of carbonyl (C=O) groups excluding carboxylic acids is 1. The van der Waals surface area contributed by atoms with Crippen LogP contribution in [0.15, 0.2) is 34.4 Å². The molecule has 0 bridgehead atoms. The van der Waals surface area contributed by atoms with Crippen LogP contribution in [0.2, 0.25) is 0 Å². The molecule has 0 aliphatic carbocycles. The van der Waals surface area contributed by atoms with Crippen LogP contribution >= 0.6 is 33.9 Å². The number of hydrogen-bond donors (Lipinski definition) is 1. The van der Waals surface area contributed by atoms with E-state index in [9.17, 15) is 9.59 Å². The Morgan fingerprint density at radius 3 is 2.74 bits per heavy atom. The number of halogens is 1. The number of nitrogens with two attached hydrogens (primary N) is 1. The number of benzene rings is 1. The summed E-state index contributed by atoms with van der Waals surface area (Å²) in [7, 11) is 0. The molecule has 0 unspecified atom stereocenters. The maximum absolute atomic E-state index is 12.7. The number of nitrogen functional groups attached to an aromatic ring is 1. The van der Waals surface area contributed by atoms with Crippen molar-refractivity contribution in [1.82, 2.24) is 9.78 Å². The van der Waals surface area contributed by atoms with Crippen molar-refractivity contribution in [3.05, 3.63) is 49.3 Å². The lowest BCUT2D eigenvalue weighted by Gasteiger charge is -2.09. The highest BCUT2D eigenvalue weighted by Gasteiger charge is 2.21. The van der Waals surface area contributed by atoms with E-state index in [1.54, 1.807) is 24.4 Å². The molecule has 0 radical (unpaired) electrons. The summed E-state index contributed by atoms with van der Waals surface area (Å²) >= 11 is 3.37. The van der Waals surface area contributed by atoms with Crippen molar-refractivity contribution in [3.63, 3.8) is 0 Å². The van der Waals surface area contributed by atoms with Crippen molar-refractivity contribution in [2.75, 3.05) is 12.3 Å². The molecule has 0 aliphatic rings. The lowest BCUT2D eigenvalue weighted by Crippen LogP contribution is -2.25. The van der Waals surface area contributed by atoms with Crippen LogP contribution < -0.4 is 11.3 Å². The number of rotatable bonds is 3. The number of nitrogens with zero attached hydrogens (tertiary/aromatic N) is 2. The monoisotopic (exact) mass is 437 g/mol. The normalized spacial score (nSPS) is 10.9. The minimum Gasteiger partial charge on any atom is -0.461 e. The van der Waals surface area contributed by atoms with Gasteiger partial charge in [0.05, 0.1) is 22.7 Å². The van der Waals surface area contributed by atoms with Crippen molar-refractivity contribution in [1.29, 1.82) is 0 Å². The predicted octanol–water partition coefficient (Wildman–Crippen LogP) is 2.81. The quantitative estimate of drug-likeness (QED) is 0.503. The number of fused-ring (bicyclic) bond motifs is 1. The topological polar surface area (TPSA) is 87.2 Å². The molecule has 0 amide bonds. The Hall–Kier alpha value is -1.94. The van der Waals surface area contributed by atoms with Gasteiger partial charge < -0.3 is 10.5 Å². The second-order valence-electron chi connectivity index (χ2n) is 4.65. The van der Waals surface area contributed by atoms with Gasteiger partial charge in [-0.05, 0) is 53.8 Å². The lowest BCUT2D eigenvalue weighted by atomic mass is 10.2. The van der Waals surface area contributed by atoms with E-state index in [4.69, 9.17) is 10.5 Å². The summed E-state index contributed by atoms with van der Waals surface area (Å²) in [5.74, 6) is -0.574. The molecular weight excluding hydrogens is 425 g/mol. The van der Waals surface area contributed by atoms with Crippen LogP contribution in [0.4, 0.5) is 5.00 Å². The van der Waals surface area contributed by atoms with E-state index >= 15 is 0 Å². The number of carbonyl (C=O) groups is 1. The number of esters is 1. The highest BCUT2D eigenvalue weighted by Crippen LogP contribution is 2.27. The second kappa shape index (κ2) is 6.28. The van der Waals surface area contributed by atoms with Crippen LogP contribution in [0.3, 0.4) is 0 Å². The number of anilines is 1. The summed E-state index contributed by atoms with van der Waals surface area (Å²) in [5, 5.41) is 6.95. The second-order valence-corrected chi connectivity index (χ2v) is 6.81. The molecule has 2 heterocycles. The van der Waals surface area contributed by atoms with E-state index in [0.29, 0.717) is 21.5 Å². The Morgan fingerprint density at radius 1 is 1.39 bits per heavy atom. The van der Waals surface area contributed by atoms with Crippen molar-refractivity contribution >= 4 is 55.7 Å². The number of ether oxygens (including phenoxy) is 1. The van der Waals surface area contributed by atoms with E-state index in [-0.39, 0.29) is 17.9 Å². The zero-order valence-corrected chi connectivity index (χ0v) is 15.1. The molecule has 3 aromatic rings. The Kier molecular flexibility index (Phi) is 4.35. The molecule has 2 N–H and O–H groups in total. The fourth-order valence-electron chi connectivity index (χ4n) is 2.18. The van der Waals surface area contributed by atoms with Gasteiger partial charge in [0, 0.05) is 14.3 Å². The summed E-state index contributed by atoms with van der Waals surface area (Å²) in [5.41, 5.74) is 6.22. The molecule has 8 heteroatoms. The molecule has 0 saturated carbocycles. The van der Waals surface area contributed by atoms with Crippen LogP contribution in [-0.4, -0.2) is 22.4 Å². The average Bonchev–Trinajstić information content (AvgIpc) is 2.91. The van der Waals surface area contributed by atoms with Gasteiger partial charge in [-0.1, -0.05) is 0 Å².